The van der Waals surface area contributed by atoms with Crippen molar-refractivity contribution < 1.29 is 14.6 Å². The lowest BCUT2D eigenvalue weighted by atomic mass is 9.76. The van der Waals surface area contributed by atoms with Crippen LogP contribution in [-0.4, -0.2) is 47.8 Å². The minimum atomic E-state index is -0.675. The molecule has 0 amide bonds. The van der Waals surface area contributed by atoms with Gasteiger partial charge >= 0.3 is 5.97 Å². The van der Waals surface area contributed by atoms with Gasteiger partial charge in [0, 0.05) is 33.0 Å². The van der Waals surface area contributed by atoms with Crippen LogP contribution in [0.25, 0.3) is 0 Å². The average molecular weight is 306 g/mol. The molecule has 0 saturated carbocycles. The molecule has 0 aliphatic carbocycles. The Morgan fingerprint density at radius 3 is 3.05 bits per heavy atom. The third-order valence-electron chi connectivity index (χ3n) is 4.60. The molecule has 1 aliphatic heterocycles. The zero-order chi connectivity index (χ0) is 16.0. The van der Waals surface area contributed by atoms with Crippen molar-refractivity contribution in [2.75, 3.05) is 26.8 Å². The fourth-order valence-corrected chi connectivity index (χ4v) is 3.30. The van der Waals surface area contributed by atoms with Gasteiger partial charge in [0.15, 0.2) is 0 Å². The zero-order valence-electron chi connectivity index (χ0n) is 13.5. The summed E-state index contributed by atoms with van der Waals surface area (Å²) in [6.45, 7) is 4.94. The molecule has 0 aromatic carbocycles. The molecule has 1 fully saturated rings. The maximum Gasteiger partial charge on any atom is 0.310 e. The summed E-state index contributed by atoms with van der Waals surface area (Å²) in [6, 6.07) is 3.98. The summed E-state index contributed by atoms with van der Waals surface area (Å²) in [7, 11) is 1.66. The fraction of sp³-hybridized carbons (Fsp3) is 0.647. The highest BCUT2D eigenvalue weighted by Gasteiger charge is 2.41. The summed E-state index contributed by atoms with van der Waals surface area (Å²) in [5, 5.41) is 9.74. The maximum absolute atomic E-state index is 11.9. The fourth-order valence-electron chi connectivity index (χ4n) is 3.30. The van der Waals surface area contributed by atoms with E-state index in [1.807, 2.05) is 6.07 Å². The van der Waals surface area contributed by atoms with Crippen LogP contribution in [0.4, 0.5) is 0 Å². The predicted octanol–water partition coefficient (Wildman–Crippen LogP) is 2.48. The van der Waals surface area contributed by atoms with Crippen LogP contribution in [0, 0.1) is 12.3 Å². The quantitative estimate of drug-likeness (QED) is 0.784. The predicted molar refractivity (Wildman–Crippen MR) is 84.7 cm³/mol. The SMILES string of the molecule is COCCCC1(C(=O)O)CCCN(Cc2ncccc2C)C1. The van der Waals surface area contributed by atoms with E-state index in [1.165, 1.54) is 0 Å². The van der Waals surface area contributed by atoms with E-state index in [9.17, 15) is 9.90 Å². The molecule has 1 aliphatic rings. The van der Waals surface area contributed by atoms with Gasteiger partial charge in [0.05, 0.1) is 11.1 Å². The van der Waals surface area contributed by atoms with Crippen molar-refractivity contribution in [1.82, 2.24) is 9.88 Å². The van der Waals surface area contributed by atoms with Gasteiger partial charge in [-0.2, -0.15) is 0 Å². The second-order valence-electron chi connectivity index (χ2n) is 6.26. The molecule has 22 heavy (non-hydrogen) atoms. The van der Waals surface area contributed by atoms with Crippen molar-refractivity contribution in [1.29, 1.82) is 0 Å². The van der Waals surface area contributed by atoms with E-state index in [0.29, 0.717) is 19.6 Å². The molecule has 122 valence electrons. The van der Waals surface area contributed by atoms with Crippen LogP contribution < -0.4 is 0 Å². The lowest BCUT2D eigenvalue weighted by Crippen LogP contribution is -2.47. The van der Waals surface area contributed by atoms with E-state index in [2.05, 4.69) is 22.9 Å². The number of aromatic nitrogens is 1. The summed E-state index contributed by atoms with van der Waals surface area (Å²) in [4.78, 5) is 18.5. The van der Waals surface area contributed by atoms with E-state index < -0.39 is 11.4 Å². The summed E-state index contributed by atoms with van der Waals surface area (Å²) in [5.41, 5.74) is 1.56. The third kappa shape index (κ3) is 4.05. The minimum Gasteiger partial charge on any atom is -0.481 e. The largest absolute Gasteiger partial charge is 0.481 e. The Balaban J connectivity index is 2.05. The van der Waals surface area contributed by atoms with E-state index in [4.69, 9.17) is 4.74 Å². The molecule has 1 aromatic rings. The van der Waals surface area contributed by atoms with Gasteiger partial charge in [0.2, 0.25) is 0 Å². The number of aryl methyl sites for hydroxylation is 1. The van der Waals surface area contributed by atoms with Crippen molar-refractivity contribution in [3.63, 3.8) is 0 Å². The van der Waals surface area contributed by atoms with Crippen LogP contribution in [0.3, 0.4) is 0 Å². The minimum absolute atomic E-state index is 0.599. The van der Waals surface area contributed by atoms with Crippen molar-refractivity contribution in [2.24, 2.45) is 5.41 Å². The molecule has 1 N–H and O–H groups in total. The monoisotopic (exact) mass is 306 g/mol. The molecule has 1 atom stereocenters. The number of carbonyl (C=O) groups is 1. The second-order valence-corrected chi connectivity index (χ2v) is 6.26. The van der Waals surface area contributed by atoms with E-state index in [1.54, 1.807) is 13.3 Å². The molecular formula is C17H26N2O3. The molecule has 0 radical (unpaired) electrons. The standard InChI is InChI=1S/C17H26N2O3/c1-14-6-3-9-18-15(14)12-19-10-4-7-17(13-19,16(20)21)8-5-11-22-2/h3,6,9H,4-5,7-8,10-13H2,1-2H3,(H,20,21). The van der Waals surface area contributed by atoms with Crippen LogP contribution in [0.5, 0.6) is 0 Å². The topological polar surface area (TPSA) is 62.7 Å². The smallest absolute Gasteiger partial charge is 0.310 e. The molecule has 5 heteroatoms. The Morgan fingerprint density at radius 2 is 2.36 bits per heavy atom. The van der Waals surface area contributed by atoms with Crippen LogP contribution in [0.2, 0.25) is 0 Å². The lowest BCUT2D eigenvalue weighted by molar-refractivity contribution is -0.153. The van der Waals surface area contributed by atoms with Gasteiger partial charge in [-0.05, 0) is 50.8 Å². The number of methoxy groups -OCH3 is 1. The Bertz CT molecular complexity index is 506. The lowest BCUT2D eigenvalue weighted by Gasteiger charge is -2.40. The number of carboxylic acid groups (broad SMARTS) is 1. The van der Waals surface area contributed by atoms with Crippen LogP contribution >= 0.6 is 0 Å². The van der Waals surface area contributed by atoms with Crippen LogP contribution in [0.15, 0.2) is 18.3 Å². The highest BCUT2D eigenvalue weighted by Crippen LogP contribution is 2.35. The first-order valence-corrected chi connectivity index (χ1v) is 7.92. The number of rotatable bonds is 7. The third-order valence-corrected chi connectivity index (χ3v) is 4.60. The molecule has 0 spiro atoms. The van der Waals surface area contributed by atoms with Gasteiger partial charge in [0.25, 0.3) is 0 Å². The normalized spacial score (nSPS) is 22.6. The van der Waals surface area contributed by atoms with Gasteiger partial charge in [-0.25, -0.2) is 0 Å². The molecule has 5 nitrogen and oxygen atoms in total. The Hall–Kier alpha value is -1.46. The maximum atomic E-state index is 11.9. The highest BCUT2D eigenvalue weighted by atomic mass is 16.5. The molecule has 2 rings (SSSR count). The van der Waals surface area contributed by atoms with Gasteiger partial charge in [-0.1, -0.05) is 6.07 Å². The highest BCUT2D eigenvalue weighted by molar-refractivity contribution is 5.75. The molecule has 1 aromatic heterocycles. The van der Waals surface area contributed by atoms with Crippen molar-refractivity contribution in [2.45, 2.75) is 39.2 Å². The van der Waals surface area contributed by atoms with Crippen LogP contribution in [-0.2, 0) is 16.1 Å². The van der Waals surface area contributed by atoms with Crippen LogP contribution in [0.1, 0.15) is 36.9 Å². The van der Waals surface area contributed by atoms with Crippen molar-refractivity contribution >= 4 is 5.97 Å². The van der Waals surface area contributed by atoms with Crippen molar-refractivity contribution in [3.05, 3.63) is 29.6 Å². The number of nitrogens with zero attached hydrogens (tertiary/aromatic N) is 2. The zero-order valence-corrected chi connectivity index (χ0v) is 13.5. The van der Waals surface area contributed by atoms with E-state index >= 15 is 0 Å². The number of ether oxygens (including phenoxy) is 1. The van der Waals surface area contributed by atoms with Gasteiger partial charge in [-0.15, -0.1) is 0 Å². The summed E-state index contributed by atoms with van der Waals surface area (Å²) in [5.74, 6) is -0.675. The number of piperidine rings is 1. The van der Waals surface area contributed by atoms with E-state index in [0.717, 1.165) is 43.6 Å². The Kier molecular flexibility index (Phi) is 5.91. The molecule has 2 heterocycles. The van der Waals surface area contributed by atoms with Gasteiger partial charge < -0.3 is 9.84 Å². The first kappa shape index (κ1) is 16.9. The number of hydrogen-bond donors (Lipinski definition) is 1. The number of carboxylic acids is 1. The van der Waals surface area contributed by atoms with Gasteiger partial charge in [0.1, 0.15) is 0 Å². The summed E-state index contributed by atoms with van der Waals surface area (Å²) in [6.07, 6.45) is 4.94. The van der Waals surface area contributed by atoms with E-state index in [-0.39, 0.29) is 0 Å². The number of likely N-dealkylation sites (tertiary alicyclic amines) is 1. The summed E-state index contributed by atoms with van der Waals surface area (Å²) < 4.78 is 5.08. The molecule has 0 bridgehead atoms. The molecule has 1 unspecified atom stereocenters. The summed E-state index contributed by atoms with van der Waals surface area (Å²) >= 11 is 0. The number of pyridine rings is 1. The van der Waals surface area contributed by atoms with Crippen molar-refractivity contribution in [3.8, 4) is 0 Å². The average Bonchev–Trinajstić information content (AvgIpc) is 2.50. The second kappa shape index (κ2) is 7.70. The number of aliphatic carboxylic acids is 1. The first-order chi connectivity index (χ1) is 10.6. The van der Waals surface area contributed by atoms with Gasteiger partial charge in [-0.3, -0.25) is 14.7 Å². The first-order valence-electron chi connectivity index (χ1n) is 7.92. The Morgan fingerprint density at radius 1 is 1.55 bits per heavy atom. The Labute approximate surface area is 132 Å². The molecule has 1 saturated heterocycles. The molecular weight excluding hydrogens is 280 g/mol. The number of hydrogen-bond acceptors (Lipinski definition) is 4.